The molecular formula is C17H14BrF3N4O2. The van der Waals surface area contributed by atoms with Gasteiger partial charge in [-0.15, -0.1) is 0 Å². The highest BCUT2D eigenvalue weighted by Gasteiger charge is 2.34. The largest absolute Gasteiger partial charge is 0.488 e. The van der Waals surface area contributed by atoms with E-state index >= 15 is 0 Å². The molecule has 3 rings (SSSR count). The van der Waals surface area contributed by atoms with Crippen molar-refractivity contribution in [2.24, 2.45) is 7.05 Å². The van der Waals surface area contributed by atoms with Crippen molar-refractivity contribution in [2.45, 2.75) is 19.7 Å². The molecule has 3 aromatic rings. The first kappa shape index (κ1) is 19.2. The SMILES string of the molecule is Cc1ccc(OCc2c(Br)cccc2-n2nnn(C)c2=O)c(C(F)(F)F)c1. The zero-order valence-electron chi connectivity index (χ0n) is 14.3. The molecule has 6 nitrogen and oxygen atoms in total. The molecule has 0 atom stereocenters. The predicted molar refractivity (Wildman–Crippen MR) is 94.8 cm³/mol. The van der Waals surface area contributed by atoms with Gasteiger partial charge in [0.05, 0.1) is 11.3 Å². The zero-order chi connectivity index (χ0) is 19.8. The molecule has 0 N–H and O–H groups in total. The molecule has 0 bridgehead atoms. The van der Waals surface area contributed by atoms with Crippen molar-refractivity contribution in [3.05, 3.63) is 68.0 Å². The van der Waals surface area contributed by atoms with Crippen LogP contribution in [0.4, 0.5) is 13.2 Å². The van der Waals surface area contributed by atoms with E-state index in [1.54, 1.807) is 31.2 Å². The van der Waals surface area contributed by atoms with Gasteiger partial charge in [-0.2, -0.15) is 22.5 Å². The number of halogens is 4. The first-order chi connectivity index (χ1) is 12.7. The standard InChI is InChI=1S/C17H14BrF3N4O2/c1-10-6-7-15(12(8-10)17(19,20)21)27-9-11-13(18)4-3-5-14(11)25-16(26)24(2)22-23-25/h3-8H,9H2,1-2H3. The molecule has 0 aliphatic carbocycles. The Kier molecular flexibility index (Phi) is 5.09. The summed E-state index contributed by atoms with van der Waals surface area (Å²) in [5.74, 6) is -0.290. The molecule has 0 spiro atoms. The van der Waals surface area contributed by atoms with E-state index in [9.17, 15) is 18.0 Å². The van der Waals surface area contributed by atoms with E-state index in [0.717, 1.165) is 15.4 Å². The van der Waals surface area contributed by atoms with Crippen molar-refractivity contribution in [1.82, 2.24) is 19.8 Å². The van der Waals surface area contributed by atoms with Gasteiger partial charge in [0.1, 0.15) is 12.4 Å². The number of aromatic nitrogens is 4. The molecule has 10 heteroatoms. The van der Waals surface area contributed by atoms with E-state index in [4.69, 9.17) is 4.74 Å². The highest BCUT2D eigenvalue weighted by molar-refractivity contribution is 9.10. The number of benzene rings is 2. The van der Waals surface area contributed by atoms with E-state index in [2.05, 4.69) is 26.4 Å². The van der Waals surface area contributed by atoms with Crippen molar-refractivity contribution in [3.63, 3.8) is 0 Å². The molecule has 27 heavy (non-hydrogen) atoms. The summed E-state index contributed by atoms with van der Waals surface area (Å²) in [4.78, 5) is 12.1. The van der Waals surface area contributed by atoms with Crippen molar-refractivity contribution >= 4 is 15.9 Å². The second-order valence-electron chi connectivity index (χ2n) is 5.82. The van der Waals surface area contributed by atoms with Crippen molar-refractivity contribution < 1.29 is 17.9 Å². The zero-order valence-corrected chi connectivity index (χ0v) is 15.9. The lowest BCUT2D eigenvalue weighted by Crippen LogP contribution is -2.23. The normalized spacial score (nSPS) is 11.6. The molecule has 0 saturated heterocycles. The maximum Gasteiger partial charge on any atom is 0.419 e. The molecular weight excluding hydrogens is 429 g/mol. The van der Waals surface area contributed by atoms with Gasteiger partial charge in [0.25, 0.3) is 0 Å². The summed E-state index contributed by atoms with van der Waals surface area (Å²) in [6.07, 6.45) is -4.54. The molecule has 0 radical (unpaired) electrons. The molecule has 1 heterocycles. The quantitative estimate of drug-likeness (QED) is 0.618. The number of tetrazole rings is 1. The summed E-state index contributed by atoms with van der Waals surface area (Å²) in [7, 11) is 1.45. The summed E-state index contributed by atoms with van der Waals surface area (Å²) in [6.45, 7) is 1.37. The third-order valence-electron chi connectivity index (χ3n) is 3.86. The smallest absolute Gasteiger partial charge is 0.419 e. The Bertz CT molecular complexity index is 1040. The number of hydrogen-bond donors (Lipinski definition) is 0. The minimum Gasteiger partial charge on any atom is -0.488 e. The molecule has 0 unspecified atom stereocenters. The van der Waals surface area contributed by atoms with Crippen LogP contribution in [0.3, 0.4) is 0 Å². The van der Waals surface area contributed by atoms with Gasteiger partial charge >= 0.3 is 11.9 Å². The lowest BCUT2D eigenvalue weighted by molar-refractivity contribution is -0.139. The number of alkyl halides is 3. The van der Waals surface area contributed by atoms with Gasteiger partial charge in [0, 0.05) is 17.1 Å². The summed E-state index contributed by atoms with van der Waals surface area (Å²) < 4.78 is 48.0. The Morgan fingerprint density at radius 1 is 1.19 bits per heavy atom. The van der Waals surface area contributed by atoms with Crippen LogP contribution in [-0.2, 0) is 19.8 Å². The summed E-state index contributed by atoms with van der Waals surface area (Å²) in [5.41, 5.74) is -0.0345. The van der Waals surface area contributed by atoms with Crippen LogP contribution in [0.15, 0.2) is 45.7 Å². The average Bonchev–Trinajstić information content (AvgIpc) is 2.93. The first-order valence-corrected chi connectivity index (χ1v) is 8.55. The Balaban J connectivity index is 1.99. The topological polar surface area (TPSA) is 61.9 Å². The monoisotopic (exact) mass is 442 g/mol. The number of nitrogens with zero attached hydrogens (tertiary/aromatic N) is 4. The van der Waals surface area contributed by atoms with Crippen molar-refractivity contribution in [3.8, 4) is 11.4 Å². The maximum atomic E-state index is 13.3. The fourth-order valence-corrected chi connectivity index (χ4v) is 2.96. The van der Waals surface area contributed by atoms with E-state index in [1.807, 2.05) is 0 Å². The average molecular weight is 443 g/mol. The number of hydrogen-bond acceptors (Lipinski definition) is 4. The van der Waals surface area contributed by atoms with Crippen LogP contribution in [0.1, 0.15) is 16.7 Å². The van der Waals surface area contributed by atoms with Crippen LogP contribution in [0, 0.1) is 6.92 Å². The van der Waals surface area contributed by atoms with Gasteiger partial charge in [-0.3, -0.25) is 0 Å². The van der Waals surface area contributed by atoms with E-state index in [-0.39, 0.29) is 12.4 Å². The lowest BCUT2D eigenvalue weighted by atomic mass is 10.1. The number of aryl methyl sites for hydroxylation is 2. The Hall–Kier alpha value is -2.62. The fourth-order valence-electron chi connectivity index (χ4n) is 2.49. The Labute approximate surface area is 160 Å². The highest BCUT2D eigenvalue weighted by atomic mass is 79.9. The van der Waals surface area contributed by atoms with Crippen LogP contribution in [-0.4, -0.2) is 19.8 Å². The summed E-state index contributed by atoms with van der Waals surface area (Å²) >= 11 is 3.35. The van der Waals surface area contributed by atoms with Crippen LogP contribution >= 0.6 is 15.9 Å². The Morgan fingerprint density at radius 2 is 1.93 bits per heavy atom. The van der Waals surface area contributed by atoms with Gasteiger partial charge in [-0.05, 0) is 41.6 Å². The van der Waals surface area contributed by atoms with E-state index in [0.29, 0.717) is 21.3 Å². The van der Waals surface area contributed by atoms with Gasteiger partial charge in [-0.25, -0.2) is 4.79 Å². The molecule has 142 valence electrons. The molecule has 0 fully saturated rings. The predicted octanol–water partition coefficient (Wildman–Crippen LogP) is 3.63. The Morgan fingerprint density at radius 3 is 2.56 bits per heavy atom. The van der Waals surface area contributed by atoms with Gasteiger partial charge < -0.3 is 4.74 Å². The second kappa shape index (κ2) is 7.18. The van der Waals surface area contributed by atoms with Crippen LogP contribution < -0.4 is 10.4 Å². The molecule has 0 aliphatic rings. The van der Waals surface area contributed by atoms with E-state index in [1.165, 1.54) is 13.1 Å². The van der Waals surface area contributed by atoms with Crippen LogP contribution in [0.2, 0.25) is 0 Å². The third-order valence-corrected chi connectivity index (χ3v) is 4.60. The molecule has 0 saturated carbocycles. The minimum absolute atomic E-state index is 0.202. The van der Waals surface area contributed by atoms with Crippen LogP contribution in [0.5, 0.6) is 5.75 Å². The van der Waals surface area contributed by atoms with Gasteiger partial charge in [-0.1, -0.05) is 33.6 Å². The molecule has 0 amide bonds. The second-order valence-corrected chi connectivity index (χ2v) is 6.67. The maximum absolute atomic E-state index is 13.3. The van der Waals surface area contributed by atoms with Crippen molar-refractivity contribution in [1.29, 1.82) is 0 Å². The van der Waals surface area contributed by atoms with Crippen molar-refractivity contribution in [2.75, 3.05) is 0 Å². The lowest BCUT2D eigenvalue weighted by Gasteiger charge is -2.16. The molecule has 1 aromatic heterocycles. The molecule has 0 aliphatic heterocycles. The first-order valence-electron chi connectivity index (χ1n) is 7.76. The number of ether oxygens (including phenoxy) is 1. The van der Waals surface area contributed by atoms with Crippen LogP contribution in [0.25, 0.3) is 5.69 Å². The summed E-state index contributed by atoms with van der Waals surface area (Å²) in [5, 5.41) is 7.42. The summed E-state index contributed by atoms with van der Waals surface area (Å²) in [6, 6.07) is 8.84. The third kappa shape index (κ3) is 3.90. The van der Waals surface area contributed by atoms with E-state index < -0.39 is 17.4 Å². The highest BCUT2D eigenvalue weighted by Crippen LogP contribution is 2.37. The minimum atomic E-state index is -4.54. The molecule has 2 aromatic carbocycles. The fraction of sp³-hybridized carbons (Fsp3) is 0.235. The van der Waals surface area contributed by atoms with Gasteiger partial charge in [0.2, 0.25) is 0 Å². The van der Waals surface area contributed by atoms with Gasteiger partial charge in [0.15, 0.2) is 0 Å². The number of rotatable bonds is 4.